The highest BCUT2D eigenvalue weighted by atomic mass is 79.9. The van der Waals surface area contributed by atoms with Gasteiger partial charge in [-0.25, -0.2) is 0 Å². The minimum Gasteiger partial charge on any atom is -0.346 e. The molecule has 0 spiro atoms. The number of aromatic nitrogens is 1. The molecule has 0 bridgehead atoms. The number of hydrogen-bond donors (Lipinski definition) is 1. The average molecular weight is 319 g/mol. The maximum absolute atomic E-state index is 12.1. The van der Waals surface area contributed by atoms with Crippen molar-refractivity contribution in [2.75, 3.05) is 0 Å². The third-order valence-corrected chi connectivity index (χ3v) is 3.40. The van der Waals surface area contributed by atoms with Gasteiger partial charge in [0.2, 0.25) is 0 Å². The van der Waals surface area contributed by atoms with Crippen molar-refractivity contribution >= 4 is 21.8 Å². The van der Waals surface area contributed by atoms with Gasteiger partial charge >= 0.3 is 0 Å². The van der Waals surface area contributed by atoms with E-state index >= 15 is 0 Å². The zero-order valence-corrected chi connectivity index (χ0v) is 12.5. The Balaban J connectivity index is 2.05. The summed E-state index contributed by atoms with van der Waals surface area (Å²) >= 11 is 3.41. The van der Waals surface area contributed by atoms with Crippen LogP contribution in [0.1, 0.15) is 27.3 Å². The van der Waals surface area contributed by atoms with E-state index in [1.54, 1.807) is 0 Å². The van der Waals surface area contributed by atoms with Gasteiger partial charge in [-0.05, 0) is 59.6 Å². The Hall–Kier alpha value is -1.68. The number of pyridine rings is 1. The van der Waals surface area contributed by atoms with E-state index in [0.29, 0.717) is 12.1 Å². The topological polar surface area (TPSA) is 42.0 Å². The van der Waals surface area contributed by atoms with E-state index in [0.717, 1.165) is 21.4 Å². The number of carbonyl (C=O) groups excluding carboxylic acids is 1. The fraction of sp³-hybridized carbons (Fsp3) is 0.200. The van der Waals surface area contributed by atoms with Crippen molar-refractivity contribution < 1.29 is 4.79 Å². The first-order valence-electron chi connectivity index (χ1n) is 6.03. The number of carbonyl (C=O) groups is 1. The molecule has 0 aliphatic heterocycles. The summed E-state index contributed by atoms with van der Waals surface area (Å²) in [4.78, 5) is 16.4. The molecule has 0 saturated heterocycles. The normalized spacial score (nSPS) is 10.3. The zero-order chi connectivity index (χ0) is 13.8. The molecule has 1 aromatic carbocycles. The summed E-state index contributed by atoms with van der Waals surface area (Å²) in [7, 11) is 0. The lowest BCUT2D eigenvalue weighted by atomic mass is 10.1. The Kier molecular flexibility index (Phi) is 4.32. The van der Waals surface area contributed by atoms with E-state index < -0.39 is 0 Å². The van der Waals surface area contributed by atoms with Crippen molar-refractivity contribution in [1.29, 1.82) is 0 Å². The molecule has 4 heteroatoms. The number of hydrogen-bond acceptors (Lipinski definition) is 2. The van der Waals surface area contributed by atoms with Gasteiger partial charge < -0.3 is 5.32 Å². The summed E-state index contributed by atoms with van der Waals surface area (Å²) in [5, 5.41) is 2.87. The Morgan fingerprint density at radius 2 is 2.05 bits per heavy atom. The van der Waals surface area contributed by atoms with Crippen LogP contribution in [0.15, 0.2) is 40.9 Å². The quantitative estimate of drug-likeness (QED) is 0.942. The molecule has 1 amide bonds. The van der Waals surface area contributed by atoms with Crippen molar-refractivity contribution in [1.82, 2.24) is 10.3 Å². The van der Waals surface area contributed by atoms with E-state index in [9.17, 15) is 4.79 Å². The van der Waals surface area contributed by atoms with Crippen molar-refractivity contribution in [2.45, 2.75) is 20.4 Å². The molecular weight excluding hydrogens is 304 g/mol. The van der Waals surface area contributed by atoms with Crippen LogP contribution in [0.2, 0.25) is 0 Å². The Morgan fingerprint density at radius 3 is 2.74 bits per heavy atom. The molecule has 1 aromatic heterocycles. The number of amides is 1. The molecule has 0 radical (unpaired) electrons. The highest BCUT2D eigenvalue weighted by Gasteiger charge is 2.09. The zero-order valence-electron chi connectivity index (χ0n) is 10.9. The molecule has 98 valence electrons. The molecule has 0 aliphatic rings. The van der Waals surface area contributed by atoms with Crippen LogP contribution >= 0.6 is 15.9 Å². The molecular formula is C15H15BrN2O. The molecule has 1 heterocycles. The van der Waals surface area contributed by atoms with E-state index in [1.807, 2.05) is 50.2 Å². The smallest absolute Gasteiger partial charge is 0.252 e. The molecule has 0 fully saturated rings. The fourth-order valence-electron chi connectivity index (χ4n) is 1.77. The molecule has 0 atom stereocenters. The predicted molar refractivity (Wildman–Crippen MR) is 79.0 cm³/mol. The summed E-state index contributed by atoms with van der Waals surface area (Å²) < 4.78 is 0.808. The number of nitrogens with one attached hydrogen (secondary N) is 1. The fourth-order valence-corrected chi connectivity index (χ4v) is 2.44. The van der Waals surface area contributed by atoms with Crippen LogP contribution in [0.3, 0.4) is 0 Å². The summed E-state index contributed by atoms with van der Waals surface area (Å²) in [6.07, 6.45) is 0. The standard InChI is InChI=1S/C15H15BrN2O/c1-10-6-7-13(14(16)8-10)15(19)17-9-12-5-3-4-11(2)18-12/h3-8H,9H2,1-2H3,(H,17,19). The predicted octanol–water partition coefficient (Wildman–Crippen LogP) is 3.39. The second-order valence-corrected chi connectivity index (χ2v) is 5.29. The van der Waals surface area contributed by atoms with Gasteiger partial charge in [0.1, 0.15) is 0 Å². The van der Waals surface area contributed by atoms with Gasteiger partial charge in [0.25, 0.3) is 5.91 Å². The van der Waals surface area contributed by atoms with E-state index in [2.05, 4.69) is 26.2 Å². The first-order chi connectivity index (χ1) is 9.06. The second-order valence-electron chi connectivity index (χ2n) is 4.44. The first kappa shape index (κ1) is 13.7. The first-order valence-corrected chi connectivity index (χ1v) is 6.82. The third-order valence-electron chi connectivity index (χ3n) is 2.75. The van der Waals surface area contributed by atoms with Gasteiger partial charge in [-0.1, -0.05) is 12.1 Å². The van der Waals surface area contributed by atoms with Gasteiger partial charge in [0.15, 0.2) is 0 Å². The van der Waals surface area contributed by atoms with Gasteiger partial charge in [-0.3, -0.25) is 9.78 Å². The van der Waals surface area contributed by atoms with Crippen LogP contribution in [0.5, 0.6) is 0 Å². The van der Waals surface area contributed by atoms with E-state index in [-0.39, 0.29) is 5.91 Å². The van der Waals surface area contributed by atoms with Gasteiger partial charge in [-0.2, -0.15) is 0 Å². The van der Waals surface area contributed by atoms with E-state index in [1.165, 1.54) is 0 Å². The van der Waals surface area contributed by atoms with Crippen molar-refractivity contribution in [3.05, 3.63) is 63.4 Å². The SMILES string of the molecule is Cc1ccc(C(=O)NCc2cccc(C)n2)c(Br)c1. The minimum atomic E-state index is -0.102. The molecule has 3 nitrogen and oxygen atoms in total. The summed E-state index contributed by atoms with van der Waals surface area (Å²) in [6, 6.07) is 11.4. The van der Waals surface area contributed by atoms with Crippen molar-refractivity contribution in [3.63, 3.8) is 0 Å². The van der Waals surface area contributed by atoms with Gasteiger partial charge in [-0.15, -0.1) is 0 Å². The van der Waals surface area contributed by atoms with Crippen LogP contribution in [0.4, 0.5) is 0 Å². The molecule has 1 N–H and O–H groups in total. The highest BCUT2D eigenvalue weighted by Crippen LogP contribution is 2.18. The molecule has 2 rings (SSSR count). The number of rotatable bonds is 3. The Labute approximate surface area is 121 Å². The van der Waals surface area contributed by atoms with Crippen molar-refractivity contribution in [2.24, 2.45) is 0 Å². The largest absolute Gasteiger partial charge is 0.346 e. The van der Waals surface area contributed by atoms with Crippen LogP contribution in [0.25, 0.3) is 0 Å². The van der Waals surface area contributed by atoms with Gasteiger partial charge in [0.05, 0.1) is 17.8 Å². The molecule has 0 unspecified atom stereocenters. The lowest BCUT2D eigenvalue weighted by Crippen LogP contribution is -2.23. The molecule has 19 heavy (non-hydrogen) atoms. The van der Waals surface area contributed by atoms with Crippen LogP contribution in [-0.2, 0) is 6.54 Å². The van der Waals surface area contributed by atoms with Crippen LogP contribution in [0, 0.1) is 13.8 Å². The lowest BCUT2D eigenvalue weighted by Gasteiger charge is -2.07. The summed E-state index contributed by atoms with van der Waals surface area (Å²) in [5.74, 6) is -0.102. The van der Waals surface area contributed by atoms with Crippen LogP contribution < -0.4 is 5.32 Å². The molecule has 0 aliphatic carbocycles. The number of nitrogens with zero attached hydrogens (tertiary/aromatic N) is 1. The number of halogens is 1. The Morgan fingerprint density at radius 1 is 1.26 bits per heavy atom. The highest BCUT2D eigenvalue weighted by molar-refractivity contribution is 9.10. The minimum absolute atomic E-state index is 0.102. The van der Waals surface area contributed by atoms with Crippen LogP contribution in [-0.4, -0.2) is 10.9 Å². The number of aryl methyl sites for hydroxylation is 2. The monoisotopic (exact) mass is 318 g/mol. The number of benzene rings is 1. The Bertz CT molecular complexity index is 611. The second kappa shape index (κ2) is 5.97. The molecule has 2 aromatic rings. The summed E-state index contributed by atoms with van der Waals surface area (Å²) in [5.41, 5.74) is 3.56. The van der Waals surface area contributed by atoms with Gasteiger partial charge in [0, 0.05) is 10.2 Å². The van der Waals surface area contributed by atoms with Crippen molar-refractivity contribution in [3.8, 4) is 0 Å². The molecule has 0 saturated carbocycles. The summed E-state index contributed by atoms with van der Waals surface area (Å²) in [6.45, 7) is 4.35. The van der Waals surface area contributed by atoms with E-state index in [4.69, 9.17) is 0 Å². The maximum Gasteiger partial charge on any atom is 0.252 e. The maximum atomic E-state index is 12.1. The third kappa shape index (κ3) is 3.64. The lowest BCUT2D eigenvalue weighted by molar-refractivity contribution is 0.0949. The average Bonchev–Trinajstić information content (AvgIpc) is 2.36.